The van der Waals surface area contributed by atoms with Crippen molar-refractivity contribution >= 4 is 33.6 Å². The van der Waals surface area contributed by atoms with Crippen molar-refractivity contribution in [1.29, 1.82) is 5.26 Å². The van der Waals surface area contributed by atoms with E-state index in [0.717, 1.165) is 0 Å². The number of hydrogen-bond acceptors (Lipinski definition) is 5. The number of rotatable bonds is 10. The molecule has 6 nitrogen and oxygen atoms in total. The lowest BCUT2D eigenvalue weighted by Crippen LogP contribution is -2.13. The van der Waals surface area contributed by atoms with Crippen LogP contribution in [0.1, 0.15) is 25.0 Å². The van der Waals surface area contributed by atoms with Crippen LogP contribution < -0.4 is 19.5 Å². The molecule has 1 N–H and O–H groups in total. The SMILES string of the molecule is CCOc1ccc(NC(=O)/C(C#N)=C/c2cc(Br)c(OCc3ccccc3F)c(OCC)c2)cc1. The maximum Gasteiger partial charge on any atom is 0.266 e. The van der Waals surface area contributed by atoms with Crippen LogP contribution in [0.2, 0.25) is 0 Å². The Labute approximate surface area is 212 Å². The van der Waals surface area contributed by atoms with E-state index < -0.39 is 5.91 Å². The van der Waals surface area contributed by atoms with Crippen molar-refractivity contribution in [3.8, 4) is 23.3 Å². The normalized spacial score (nSPS) is 10.9. The van der Waals surface area contributed by atoms with Gasteiger partial charge < -0.3 is 19.5 Å². The quantitative estimate of drug-likeness (QED) is 0.235. The number of carbonyl (C=O) groups excluding carboxylic acids is 1. The zero-order valence-corrected chi connectivity index (χ0v) is 20.9. The monoisotopic (exact) mass is 538 g/mol. The zero-order chi connectivity index (χ0) is 25.2. The van der Waals surface area contributed by atoms with Gasteiger partial charge >= 0.3 is 0 Å². The lowest BCUT2D eigenvalue weighted by molar-refractivity contribution is -0.112. The second kappa shape index (κ2) is 12.6. The molecule has 35 heavy (non-hydrogen) atoms. The summed E-state index contributed by atoms with van der Waals surface area (Å²) in [5.41, 5.74) is 1.40. The third-order valence-corrected chi connectivity index (χ3v) is 5.35. The molecule has 0 heterocycles. The summed E-state index contributed by atoms with van der Waals surface area (Å²) >= 11 is 3.46. The number of halogens is 2. The second-order valence-corrected chi connectivity index (χ2v) is 8.08. The fraction of sp³-hybridized carbons (Fsp3) is 0.185. The van der Waals surface area contributed by atoms with Gasteiger partial charge in [-0.2, -0.15) is 5.26 Å². The first-order valence-electron chi connectivity index (χ1n) is 10.9. The Morgan fingerprint density at radius 1 is 1.06 bits per heavy atom. The molecule has 0 aliphatic carbocycles. The average molecular weight is 539 g/mol. The summed E-state index contributed by atoms with van der Waals surface area (Å²) in [4.78, 5) is 12.7. The van der Waals surface area contributed by atoms with E-state index in [9.17, 15) is 14.4 Å². The molecule has 0 saturated carbocycles. The fourth-order valence-corrected chi connectivity index (χ4v) is 3.73. The number of benzene rings is 3. The summed E-state index contributed by atoms with van der Waals surface area (Å²) in [6.07, 6.45) is 1.46. The van der Waals surface area contributed by atoms with Crippen LogP contribution in [0, 0.1) is 17.1 Å². The van der Waals surface area contributed by atoms with Gasteiger partial charge in [0.25, 0.3) is 5.91 Å². The third kappa shape index (κ3) is 7.08. The van der Waals surface area contributed by atoms with E-state index >= 15 is 0 Å². The van der Waals surface area contributed by atoms with Crippen LogP contribution >= 0.6 is 15.9 Å². The molecule has 3 aromatic rings. The van der Waals surface area contributed by atoms with Crippen LogP contribution in [0.3, 0.4) is 0 Å². The summed E-state index contributed by atoms with van der Waals surface area (Å²) in [5.74, 6) is 0.564. The maximum absolute atomic E-state index is 14.0. The Balaban J connectivity index is 1.81. The Bertz CT molecular complexity index is 1250. The average Bonchev–Trinajstić information content (AvgIpc) is 2.84. The third-order valence-electron chi connectivity index (χ3n) is 4.76. The van der Waals surface area contributed by atoms with Crippen molar-refractivity contribution in [2.45, 2.75) is 20.5 Å². The number of amides is 1. The zero-order valence-electron chi connectivity index (χ0n) is 19.3. The molecule has 0 aliphatic heterocycles. The number of ether oxygens (including phenoxy) is 3. The fourth-order valence-electron chi connectivity index (χ4n) is 3.15. The van der Waals surface area contributed by atoms with Crippen LogP contribution in [0.4, 0.5) is 10.1 Å². The second-order valence-electron chi connectivity index (χ2n) is 7.22. The highest BCUT2D eigenvalue weighted by Gasteiger charge is 2.15. The number of nitrogens with zero attached hydrogens (tertiary/aromatic N) is 1. The van der Waals surface area contributed by atoms with Crippen molar-refractivity contribution < 1.29 is 23.4 Å². The molecule has 0 aromatic heterocycles. The number of nitriles is 1. The van der Waals surface area contributed by atoms with E-state index in [1.807, 2.05) is 19.9 Å². The predicted molar refractivity (Wildman–Crippen MR) is 136 cm³/mol. The Hall–Kier alpha value is -3.83. The van der Waals surface area contributed by atoms with Gasteiger partial charge in [-0.1, -0.05) is 18.2 Å². The molecule has 1 amide bonds. The molecule has 8 heteroatoms. The van der Waals surface area contributed by atoms with Crippen LogP contribution in [0.5, 0.6) is 17.2 Å². The van der Waals surface area contributed by atoms with Gasteiger partial charge in [-0.05, 0) is 83.9 Å². The minimum atomic E-state index is -0.550. The standard InChI is InChI=1S/C27H24BrFN2O4/c1-3-33-22-11-9-21(10-12-22)31-27(32)20(16-30)13-18-14-23(28)26(25(15-18)34-4-2)35-17-19-7-5-6-8-24(19)29/h5-15H,3-4,17H2,1-2H3,(H,31,32)/b20-13+. The Morgan fingerprint density at radius 2 is 1.77 bits per heavy atom. The number of anilines is 1. The minimum Gasteiger partial charge on any atom is -0.494 e. The van der Waals surface area contributed by atoms with E-state index in [0.29, 0.717) is 51.7 Å². The largest absolute Gasteiger partial charge is 0.494 e. The molecule has 0 saturated heterocycles. The topological polar surface area (TPSA) is 80.6 Å². The van der Waals surface area contributed by atoms with Crippen LogP contribution in [0.15, 0.2) is 70.7 Å². The number of nitrogens with one attached hydrogen (secondary N) is 1. The van der Waals surface area contributed by atoms with Crippen molar-refractivity contribution in [3.63, 3.8) is 0 Å². The smallest absolute Gasteiger partial charge is 0.266 e. The van der Waals surface area contributed by atoms with E-state index in [2.05, 4.69) is 21.2 Å². The van der Waals surface area contributed by atoms with Gasteiger partial charge in [0, 0.05) is 11.3 Å². The van der Waals surface area contributed by atoms with Gasteiger partial charge in [0.15, 0.2) is 11.5 Å². The lowest BCUT2D eigenvalue weighted by atomic mass is 10.1. The van der Waals surface area contributed by atoms with Gasteiger partial charge in [0.2, 0.25) is 0 Å². The highest BCUT2D eigenvalue weighted by molar-refractivity contribution is 9.10. The first-order chi connectivity index (χ1) is 16.9. The van der Waals surface area contributed by atoms with E-state index in [1.165, 1.54) is 12.1 Å². The lowest BCUT2D eigenvalue weighted by Gasteiger charge is -2.15. The van der Waals surface area contributed by atoms with E-state index in [1.54, 1.807) is 54.6 Å². The summed E-state index contributed by atoms with van der Waals surface area (Å²) in [6.45, 7) is 4.62. The summed E-state index contributed by atoms with van der Waals surface area (Å²) in [5, 5.41) is 12.3. The van der Waals surface area contributed by atoms with Crippen molar-refractivity contribution in [2.24, 2.45) is 0 Å². The van der Waals surface area contributed by atoms with E-state index in [4.69, 9.17) is 14.2 Å². The van der Waals surface area contributed by atoms with Crippen molar-refractivity contribution in [3.05, 3.63) is 87.7 Å². The molecule has 0 atom stereocenters. The predicted octanol–water partition coefficient (Wildman–Crippen LogP) is 6.51. The molecule has 0 fully saturated rings. The van der Waals surface area contributed by atoms with Crippen LogP contribution in [-0.2, 0) is 11.4 Å². The molecule has 0 radical (unpaired) electrons. The van der Waals surface area contributed by atoms with Gasteiger partial charge in [0.1, 0.15) is 29.8 Å². The van der Waals surface area contributed by atoms with Gasteiger partial charge in [-0.25, -0.2) is 4.39 Å². The first-order valence-corrected chi connectivity index (χ1v) is 11.7. The van der Waals surface area contributed by atoms with Gasteiger partial charge in [-0.3, -0.25) is 4.79 Å². The number of carbonyl (C=O) groups is 1. The molecular formula is C27H24BrFN2O4. The molecule has 3 rings (SSSR count). The van der Waals surface area contributed by atoms with Gasteiger partial charge in [0.05, 0.1) is 17.7 Å². The molecule has 0 bridgehead atoms. The molecule has 0 aliphatic rings. The molecule has 180 valence electrons. The molecular weight excluding hydrogens is 515 g/mol. The summed E-state index contributed by atoms with van der Waals surface area (Å²) < 4.78 is 31.4. The Morgan fingerprint density at radius 3 is 2.43 bits per heavy atom. The highest BCUT2D eigenvalue weighted by atomic mass is 79.9. The van der Waals surface area contributed by atoms with Crippen LogP contribution in [0.25, 0.3) is 6.08 Å². The minimum absolute atomic E-state index is 0.00840. The number of hydrogen-bond donors (Lipinski definition) is 1. The van der Waals surface area contributed by atoms with Crippen molar-refractivity contribution in [1.82, 2.24) is 0 Å². The van der Waals surface area contributed by atoms with Crippen molar-refractivity contribution in [2.75, 3.05) is 18.5 Å². The van der Waals surface area contributed by atoms with Crippen LogP contribution in [-0.4, -0.2) is 19.1 Å². The highest BCUT2D eigenvalue weighted by Crippen LogP contribution is 2.38. The molecule has 0 spiro atoms. The summed E-state index contributed by atoms with van der Waals surface area (Å²) in [7, 11) is 0. The molecule has 3 aromatic carbocycles. The molecule has 0 unspecified atom stereocenters. The summed E-state index contributed by atoms with van der Waals surface area (Å²) in [6, 6.07) is 18.5. The first kappa shape index (κ1) is 25.8. The Kier molecular flexibility index (Phi) is 9.27. The van der Waals surface area contributed by atoms with E-state index in [-0.39, 0.29) is 18.0 Å². The van der Waals surface area contributed by atoms with Gasteiger partial charge in [-0.15, -0.1) is 0 Å². The maximum atomic E-state index is 14.0.